The number of benzene rings is 1. The van der Waals surface area contributed by atoms with Gasteiger partial charge >= 0.3 is 5.97 Å². The Morgan fingerprint density at radius 2 is 1.94 bits per heavy atom. The summed E-state index contributed by atoms with van der Waals surface area (Å²) in [6, 6.07) is 6.22. The molecule has 32 heavy (non-hydrogen) atoms. The van der Waals surface area contributed by atoms with E-state index in [2.05, 4.69) is 14.6 Å². The lowest BCUT2D eigenvalue weighted by Gasteiger charge is -2.04. The Bertz CT molecular complexity index is 976. The van der Waals surface area contributed by atoms with Crippen molar-refractivity contribution in [2.24, 2.45) is 0 Å². The topological polar surface area (TPSA) is 142 Å². The predicted molar refractivity (Wildman–Crippen MR) is 126 cm³/mol. The number of carbonyl (C=O) groups excluding carboxylic acids is 1. The van der Waals surface area contributed by atoms with E-state index in [0.717, 1.165) is 12.7 Å². The van der Waals surface area contributed by atoms with E-state index >= 15 is 0 Å². The van der Waals surface area contributed by atoms with Crippen molar-refractivity contribution in [3.8, 4) is 11.7 Å². The van der Waals surface area contributed by atoms with E-state index in [-0.39, 0.29) is 17.8 Å². The number of hydrogen-bond donors (Lipinski definition) is 3. The van der Waals surface area contributed by atoms with Gasteiger partial charge < -0.3 is 19.6 Å². The number of fused-ring (bicyclic) bond motifs is 1. The quantitative estimate of drug-likeness (QED) is 0.355. The lowest BCUT2D eigenvalue weighted by molar-refractivity contribution is -0.136. The number of nitrogens with one attached hydrogen (secondary N) is 2. The Labute approximate surface area is 192 Å². The predicted octanol–water partition coefficient (Wildman–Crippen LogP) is 3.50. The van der Waals surface area contributed by atoms with Crippen molar-refractivity contribution in [3.05, 3.63) is 40.2 Å². The number of nitriles is 1. The standard InChI is InChI=1S/C12H11NO4.C6H8BNO2.C2H6.CH4ClN/c1-16-7-3-4-8-9(5-7)13-10(6-11(8)14)12(15)17-2;8-4-7-3-1-2-5(7)6(9)10;1-2;1-3-2/h3-6H,1-2H3,(H,13,14);5H,1-3H2,(H,9,10);1-2H3;3H,1H3. The van der Waals surface area contributed by atoms with Gasteiger partial charge in [-0.15, -0.1) is 0 Å². The Morgan fingerprint density at radius 1 is 1.31 bits per heavy atom. The number of aromatic nitrogens is 1. The van der Waals surface area contributed by atoms with Crippen LogP contribution in [0.3, 0.4) is 0 Å². The second-order valence-corrected chi connectivity index (χ2v) is 6.63. The summed E-state index contributed by atoms with van der Waals surface area (Å²) in [5, 5.41) is 17.5. The summed E-state index contributed by atoms with van der Waals surface area (Å²) in [5.41, 5.74) is 0.428. The summed E-state index contributed by atoms with van der Waals surface area (Å²) in [7, 11) is 4.43. The maximum atomic E-state index is 11.8. The van der Waals surface area contributed by atoms with Crippen LogP contribution in [0.5, 0.6) is 5.75 Å². The molecule has 0 amide bonds. The van der Waals surface area contributed by atoms with Gasteiger partial charge in [0.05, 0.1) is 25.6 Å². The molecule has 1 aromatic carbocycles. The first-order valence-corrected chi connectivity index (χ1v) is 10.4. The minimum Gasteiger partial charge on any atom is -0.497 e. The highest BCUT2D eigenvalue weighted by molar-refractivity contribution is 6.72. The van der Waals surface area contributed by atoms with E-state index in [1.807, 2.05) is 19.8 Å². The van der Waals surface area contributed by atoms with Crippen molar-refractivity contribution >= 4 is 41.3 Å². The summed E-state index contributed by atoms with van der Waals surface area (Å²) < 4.78 is 9.61. The fourth-order valence-corrected chi connectivity index (χ4v) is 2.99. The molecule has 2 heterocycles. The summed E-state index contributed by atoms with van der Waals surface area (Å²) in [6.07, 6.45) is 2.32. The van der Waals surface area contributed by atoms with Gasteiger partial charge in [-0.1, -0.05) is 26.6 Å². The normalized spacial score (nSPS) is 13.8. The van der Waals surface area contributed by atoms with Crippen LogP contribution in [0, 0.1) is 11.2 Å². The monoisotopic (exact) mass is 465 g/mol. The number of rotatable bonds is 3. The maximum absolute atomic E-state index is 11.8. The molecule has 3 rings (SSSR count). The van der Waals surface area contributed by atoms with Crippen LogP contribution in [0.4, 0.5) is 0 Å². The molecule has 0 aliphatic carbocycles. The van der Waals surface area contributed by atoms with E-state index in [9.17, 15) is 14.4 Å². The number of nitrogens with zero attached hydrogens (tertiary/aromatic N) is 1. The highest BCUT2D eigenvalue weighted by Gasteiger charge is 2.36. The fraction of sp³-hybridized carbons (Fsp3) is 0.429. The largest absolute Gasteiger partial charge is 0.497 e. The average molecular weight is 466 g/mol. The van der Waals surface area contributed by atoms with Crippen LogP contribution in [0.1, 0.15) is 37.2 Å². The number of halogens is 1. The molecule has 1 aromatic heterocycles. The van der Waals surface area contributed by atoms with Gasteiger partial charge in [0.1, 0.15) is 11.4 Å². The molecule has 1 saturated heterocycles. The Hall–Kier alpha value is -3.03. The molecule has 0 radical (unpaired) electrons. The first-order chi connectivity index (χ1) is 15.3. The molecular weight excluding hydrogens is 437 g/mol. The third kappa shape index (κ3) is 8.61. The van der Waals surface area contributed by atoms with E-state index in [4.69, 9.17) is 26.9 Å². The molecule has 0 saturated carbocycles. The first kappa shape index (κ1) is 29.0. The number of carboxylic acid groups (broad SMARTS) is 1. The number of aliphatic carboxylic acids is 1. The summed E-state index contributed by atoms with van der Waals surface area (Å²) >= 11 is 4.75. The van der Waals surface area contributed by atoms with Gasteiger partial charge in [0.25, 0.3) is 12.7 Å². The number of hydrogen-bond acceptors (Lipinski definition) is 7. The van der Waals surface area contributed by atoms with Crippen molar-refractivity contribution in [3.63, 3.8) is 0 Å². The molecule has 1 aliphatic rings. The number of methoxy groups -OCH3 is 2. The third-order valence-electron chi connectivity index (χ3n) is 4.44. The lowest BCUT2D eigenvalue weighted by atomic mass is 9.44. The summed E-state index contributed by atoms with van der Waals surface area (Å²) in [6.45, 7) is 3.76. The van der Waals surface area contributed by atoms with Crippen LogP contribution in [-0.2, 0) is 9.53 Å². The second-order valence-electron chi connectivity index (χ2n) is 6.25. The van der Waals surface area contributed by atoms with Gasteiger partial charge in [-0.05, 0) is 37.4 Å². The Balaban J connectivity index is 0.000000545. The van der Waals surface area contributed by atoms with Crippen molar-refractivity contribution in [2.45, 2.75) is 38.8 Å². The van der Waals surface area contributed by atoms with Crippen LogP contribution in [0.15, 0.2) is 29.1 Å². The van der Waals surface area contributed by atoms with Gasteiger partial charge in [0, 0.05) is 23.5 Å². The van der Waals surface area contributed by atoms with E-state index in [1.54, 1.807) is 25.2 Å². The molecule has 2 aromatic rings. The van der Waals surface area contributed by atoms with Gasteiger partial charge in [0.2, 0.25) is 0 Å². The minimum atomic E-state index is -0.816. The number of carbonyl (C=O) groups is 2. The molecule has 11 heteroatoms. The molecular formula is C21H29BClN3O6. The Kier molecular flexibility index (Phi) is 14.2. The van der Waals surface area contributed by atoms with E-state index in [0.29, 0.717) is 23.1 Å². The molecule has 1 aliphatic heterocycles. The van der Waals surface area contributed by atoms with Crippen molar-refractivity contribution in [2.75, 3.05) is 21.3 Å². The van der Waals surface area contributed by atoms with E-state index < -0.39 is 17.8 Å². The molecule has 0 spiro atoms. The van der Waals surface area contributed by atoms with Crippen LogP contribution in [0.2, 0.25) is 12.1 Å². The number of carboxylic acids is 1. The van der Waals surface area contributed by atoms with Gasteiger partial charge in [-0.2, -0.15) is 0 Å². The molecule has 1 fully saturated rings. The molecule has 174 valence electrons. The van der Waals surface area contributed by atoms with Gasteiger partial charge in [-0.3, -0.25) is 9.59 Å². The highest BCUT2D eigenvalue weighted by atomic mass is 35.5. The zero-order valence-corrected chi connectivity index (χ0v) is 19.7. The summed E-state index contributed by atoms with van der Waals surface area (Å²) in [4.78, 5) is 38.6. The van der Waals surface area contributed by atoms with Gasteiger partial charge in [0.15, 0.2) is 5.43 Å². The first-order valence-electron chi connectivity index (χ1n) is 10.0. The van der Waals surface area contributed by atoms with Crippen LogP contribution < -0.4 is 15.0 Å². The number of pyridine rings is 1. The van der Waals surface area contributed by atoms with Crippen LogP contribution in [0.25, 0.3) is 10.9 Å². The number of ether oxygens (including phenoxy) is 2. The van der Waals surface area contributed by atoms with Crippen molar-refractivity contribution in [1.29, 1.82) is 5.26 Å². The zero-order chi connectivity index (χ0) is 24.7. The molecule has 1 unspecified atom stereocenters. The zero-order valence-electron chi connectivity index (χ0n) is 18.9. The molecule has 0 bridgehead atoms. The molecule has 1 atom stereocenters. The van der Waals surface area contributed by atoms with Crippen LogP contribution in [-0.4, -0.2) is 50.0 Å². The number of H-pyrrole nitrogens is 1. The highest BCUT2D eigenvalue weighted by Crippen LogP contribution is 2.30. The fourth-order valence-electron chi connectivity index (χ4n) is 2.99. The maximum Gasteiger partial charge on any atom is 0.354 e. The lowest BCUT2D eigenvalue weighted by Crippen LogP contribution is -2.19. The summed E-state index contributed by atoms with van der Waals surface area (Å²) in [5.74, 6) is 0.830. The SMILES string of the molecule is CC.CNCl.COC(=O)c1cc(=O)c2ccc(OC)cc2[nH]1.N#CB1CCCC1C(=O)O. The molecule has 3 N–H and O–H groups in total. The van der Waals surface area contributed by atoms with E-state index in [1.165, 1.54) is 20.3 Å². The smallest absolute Gasteiger partial charge is 0.354 e. The Morgan fingerprint density at radius 3 is 2.41 bits per heavy atom. The van der Waals surface area contributed by atoms with Crippen molar-refractivity contribution in [1.82, 2.24) is 9.82 Å². The van der Waals surface area contributed by atoms with Gasteiger partial charge in [-0.25, -0.2) is 14.9 Å². The minimum absolute atomic E-state index is 0.123. The second kappa shape index (κ2) is 15.7. The number of esters is 1. The average Bonchev–Trinajstić information content (AvgIpc) is 3.30. The third-order valence-corrected chi connectivity index (χ3v) is 4.44. The van der Waals surface area contributed by atoms with Crippen LogP contribution >= 0.6 is 11.8 Å². The number of aromatic amines is 1. The van der Waals surface area contributed by atoms with Crippen molar-refractivity contribution < 1.29 is 24.2 Å². The molecule has 9 nitrogen and oxygen atoms in total.